The summed E-state index contributed by atoms with van der Waals surface area (Å²) < 4.78 is 2.12. The van der Waals surface area contributed by atoms with Crippen LogP contribution in [0, 0.1) is 0 Å². The fraction of sp³-hybridized carbons (Fsp3) is 0.467. The van der Waals surface area contributed by atoms with E-state index < -0.39 is 0 Å². The van der Waals surface area contributed by atoms with Gasteiger partial charge >= 0.3 is 0 Å². The molecule has 0 aliphatic heterocycles. The molecule has 0 spiro atoms. The number of hydrogen-bond donors (Lipinski definition) is 0. The molecule has 0 unspecified atom stereocenters. The molecule has 0 saturated heterocycles. The third-order valence-corrected chi connectivity index (χ3v) is 3.26. The highest BCUT2D eigenvalue weighted by Crippen LogP contribution is 2.15. The molecule has 1 heterocycles. The van der Waals surface area contributed by atoms with Gasteiger partial charge in [-0.15, -0.1) is 0 Å². The van der Waals surface area contributed by atoms with Gasteiger partial charge in [0.05, 0.1) is 11.0 Å². The second-order valence-corrected chi connectivity index (χ2v) is 4.72. The van der Waals surface area contributed by atoms with Crippen molar-refractivity contribution in [2.24, 2.45) is 7.05 Å². The van der Waals surface area contributed by atoms with Crippen LogP contribution >= 0.6 is 0 Å². The second-order valence-electron chi connectivity index (χ2n) is 4.72. The van der Waals surface area contributed by atoms with Crippen molar-refractivity contribution in [2.75, 3.05) is 0 Å². The summed E-state index contributed by atoms with van der Waals surface area (Å²) in [5, 5.41) is 0. The van der Waals surface area contributed by atoms with Gasteiger partial charge in [-0.05, 0) is 25.0 Å². The Morgan fingerprint density at radius 3 is 2.78 bits per heavy atom. The summed E-state index contributed by atoms with van der Waals surface area (Å²) in [6, 6.07) is 8.14. The number of aryl methyl sites for hydroxylation is 2. The molecule has 2 rings (SSSR count). The molecule has 2 aromatic rings. The van der Waals surface area contributed by atoms with Crippen LogP contribution < -0.4 is 0 Å². The number of imidazole rings is 1. The normalized spacial score (nSPS) is 11.0. The van der Waals surface area contributed by atoms with E-state index in [1.165, 1.54) is 0 Å². The molecule has 0 N–H and O–H groups in total. The highest BCUT2D eigenvalue weighted by molar-refractivity contribution is 5.78. The molecule has 0 fully saturated rings. The van der Waals surface area contributed by atoms with Crippen molar-refractivity contribution in [3.8, 4) is 0 Å². The maximum atomic E-state index is 11.5. The molecule has 3 heteroatoms. The highest BCUT2D eigenvalue weighted by atomic mass is 16.1. The maximum absolute atomic E-state index is 11.5. The summed E-state index contributed by atoms with van der Waals surface area (Å²) in [5.41, 5.74) is 2.20. The Bertz CT molecular complexity index is 542. The van der Waals surface area contributed by atoms with E-state index >= 15 is 0 Å². The lowest BCUT2D eigenvalue weighted by Crippen LogP contribution is -2.01. The number of para-hydroxylation sites is 2. The summed E-state index contributed by atoms with van der Waals surface area (Å²) in [6.45, 7) is 2.05. The van der Waals surface area contributed by atoms with E-state index in [9.17, 15) is 4.79 Å². The maximum Gasteiger partial charge on any atom is 0.132 e. The number of ketones is 1. The van der Waals surface area contributed by atoms with Crippen molar-refractivity contribution < 1.29 is 4.79 Å². The van der Waals surface area contributed by atoms with Gasteiger partial charge in [0, 0.05) is 26.3 Å². The first kappa shape index (κ1) is 12.8. The molecule has 0 amide bonds. The quantitative estimate of drug-likeness (QED) is 0.781. The minimum Gasteiger partial charge on any atom is -0.331 e. The molecular weight excluding hydrogens is 224 g/mol. The van der Waals surface area contributed by atoms with Gasteiger partial charge in [-0.25, -0.2) is 4.98 Å². The molecular formula is C15H20N2O. The third-order valence-electron chi connectivity index (χ3n) is 3.26. The fourth-order valence-corrected chi connectivity index (χ4v) is 2.27. The number of aromatic nitrogens is 2. The first-order chi connectivity index (χ1) is 8.72. The van der Waals surface area contributed by atoms with Crippen LogP contribution in [0.1, 0.15) is 38.4 Å². The summed E-state index contributed by atoms with van der Waals surface area (Å²) in [6.07, 6.45) is 4.11. The third kappa shape index (κ3) is 2.78. The smallest absolute Gasteiger partial charge is 0.132 e. The van der Waals surface area contributed by atoms with E-state index in [0.29, 0.717) is 18.6 Å². The van der Waals surface area contributed by atoms with E-state index in [-0.39, 0.29) is 0 Å². The monoisotopic (exact) mass is 244 g/mol. The van der Waals surface area contributed by atoms with Gasteiger partial charge in [0.2, 0.25) is 0 Å². The first-order valence-electron chi connectivity index (χ1n) is 6.64. The van der Waals surface area contributed by atoms with Crippen LogP contribution in [0.25, 0.3) is 11.0 Å². The zero-order chi connectivity index (χ0) is 13.0. The van der Waals surface area contributed by atoms with Crippen molar-refractivity contribution >= 4 is 16.8 Å². The molecule has 0 aliphatic carbocycles. The number of hydrogen-bond acceptors (Lipinski definition) is 2. The van der Waals surface area contributed by atoms with Crippen molar-refractivity contribution in [1.82, 2.24) is 9.55 Å². The molecule has 0 radical (unpaired) electrons. The van der Waals surface area contributed by atoms with Crippen molar-refractivity contribution in [1.29, 1.82) is 0 Å². The van der Waals surface area contributed by atoms with E-state index in [2.05, 4.69) is 15.6 Å². The van der Waals surface area contributed by atoms with Gasteiger partial charge in [-0.2, -0.15) is 0 Å². The van der Waals surface area contributed by atoms with E-state index in [1.54, 1.807) is 0 Å². The zero-order valence-corrected chi connectivity index (χ0v) is 11.1. The lowest BCUT2D eigenvalue weighted by Gasteiger charge is -2.02. The Hall–Kier alpha value is -1.64. The van der Waals surface area contributed by atoms with Crippen molar-refractivity contribution in [2.45, 2.75) is 39.0 Å². The number of fused-ring (bicyclic) bond motifs is 1. The number of nitrogens with zero attached hydrogens (tertiary/aromatic N) is 2. The largest absolute Gasteiger partial charge is 0.331 e. The van der Waals surface area contributed by atoms with Crippen LogP contribution in [0.5, 0.6) is 0 Å². The Labute approximate surface area is 108 Å². The molecule has 1 aromatic heterocycles. The van der Waals surface area contributed by atoms with Gasteiger partial charge in [-0.1, -0.05) is 19.1 Å². The molecule has 0 aliphatic rings. The van der Waals surface area contributed by atoms with E-state index in [4.69, 9.17) is 0 Å². The summed E-state index contributed by atoms with van der Waals surface area (Å²) in [5.74, 6) is 1.44. The number of carbonyl (C=O) groups is 1. The molecule has 3 nitrogen and oxygen atoms in total. The Kier molecular flexibility index (Phi) is 4.13. The number of benzene rings is 1. The lowest BCUT2D eigenvalue weighted by atomic mass is 10.1. The van der Waals surface area contributed by atoms with Crippen molar-refractivity contribution in [3.05, 3.63) is 30.1 Å². The number of carbonyl (C=O) groups excluding carboxylic acids is 1. The average Bonchev–Trinajstić information content (AvgIpc) is 2.68. The summed E-state index contributed by atoms with van der Waals surface area (Å²) in [4.78, 5) is 16.1. The molecule has 0 saturated carbocycles. The second kappa shape index (κ2) is 5.80. The summed E-state index contributed by atoms with van der Waals surface area (Å²) in [7, 11) is 2.04. The minimum atomic E-state index is 0.372. The van der Waals surface area contributed by atoms with Gasteiger partial charge in [0.25, 0.3) is 0 Å². The molecule has 1 aromatic carbocycles. The Morgan fingerprint density at radius 2 is 2.06 bits per heavy atom. The van der Waals surface area contributed by atoms with Crippen LogP contribution in [0.15, 0.2) is 24.3 Å². The number of rotatable bonds is 6. The summed E-state index contributed by atoms with van der Waals surface area (Å²) >= 11 is 0. The first-order valence-corrected chi connectivity index (χ1v) is 6.64. The van der Waals surface area contributed by atoms with Gasteiger partial charge in [-0.3, -0.25) is 4.79 Å². The Balaban J connectivity index is 1.99. The topological polar surface area (TPSA) is 34.9 Å². The van der Waals surface area contributed by atoms with Gasteiger partial charge in [0.15, 0.2) is 0 Å². The van der Waals surface area contributed by atoms with Crippen molar-refractivity contribution in [3.63, 3.8) is 0 Å². The molecule has 0 atom stereocenters. The van der Waals surface area contributed by atoms with E-state index in [0.717, 1.165) is 36.1 Å². The highest BCUT2D eigenvalue weighted by Gasteiger charge is 2.07. The van der Waals surface area contributed by atoms with E-state index in [1.807, 2.05) is 32.2 Å². The zero-order valence-electron chi connectivity index (χ0n) is 11.1. The van der Waals surface area contributed by atoms with Crippen LogP contribution in [0.2, 0.25) is 0 Å². The standard InChI is InChI=1S/C15H20N2O/c1-3-7-12(18)8-6-11-15-16-13-9-4-5-10-14(13)17(15)2/h4-5,9-10H,3,6-8,11H2,1-2H3. The number of Topliss-reactive ketones (excluding diaryl/α,β-unsaturated/α-hetero) is 1. The predicted molar refractivity (Wildman–Crippen MR) is 73.6 cm³/mol. The minimum absolute atomic E-state index is 0.372. The van der Waals surface area contributed by atoms with Crippen LogP contribution in [0.3, 0.4) is 0 Å². The predicted octanol–water partition coefficient (Wildman–Crippen LogP) is 3.27. The van der Waals surface area contributed by atoms with Crippen LogP contribution in [0.4, 0.5) is 0 Å². The molecule has 0 bridgehead atoms. The molecule has 96 valence electrons. The van der Waals surface area contributed by atoms with Gasteiger partial charge in [0.1, 0.15) is 11.6 Å². The SMILES string of the molecule is CCCC(=O)CCCc1nc2ccccc2n1C. The lowest BCUT2D eigenvalue weighted by molar-refractivity contribution is -0.119. The fourth-order valence-electron chi connectivity index (χ4n) is 2.27. The van der Waals surface area contributed by atoms with Crippen LogP contribution in [-0.4, -0.2) is 15.3 Å². The van der Waals surface area contributed by atoms with Crippen LogP contribution in [-0.2, 0) is 18.3 Å². The average molecular weight is 244 g/mol. The molecule has 18 heavy (non-hydrogen) atoms. The Morgan fingerprint density at radius 1 is 1.28 bits per heavy atom. The van der Waals surface area contributed by atoms with Gasteiger partial charge < -0.3 is 4.57 Å².